The van der Waals surface area contributed by atoms with Crippen molar-refractivity contribution in [1.82, 2.24) is 24.7 Å². The fraction of sp³-hybridized carbons (Fsp3) is 0.571. The summed E-state index contributed by atoms with van der Waals surface area (Å²) in [6, 6.07) is -0.0129. The summed E-state index contributed by atoms with van der Waals surface area (Å²) in [6.07, 6.45) is 2.91. The van der Waals surface area contributed by atoms with Gasteiger partial charge < -0.3 is 14.5 Å². The molecule has 0 N–H and O–H groups in total. The fourth-order valence-corrected chi connectivity index (χ4v) is 2.86. The molecule has 0 aliphatic carbocycles. The second-order valence-electron chi connectivity index (χ2n) is 5.52. The van der Waals surface area contributed by atoms with Crippen LogP contribution >= 0.6 is 0 Å². The summed E-state index contributed by atoms with van der Waals surface area (Å²) < 4.78 is 4.89. The van der Waals surface area contributed by atoms with E-state index < -0.39 is 0 Å². The van der Waals surface area contributed by atoms with E-state index in [1.807, 2.05) is 0 Å². The lowest BCUT2D eigenvalue weighted by atomic mass is 10.1. The highest BCUT2D eigenvalue weighted by Crippen LogP contribution is 2.18. The van der Waals surface area contributed by atoms with Gasteiger partial charge in [0, 0.05) is 52.2 Å². The molecule has 22 heavy (non-hydrogen) atoms. The molecule has 2 amide bonds. The smallest absolute Gasteiger partial charge is 0.316 e. The maximum absolute atomic E-state index is 12.5. The van der Waals surface area contributed by atoms with Crippen LogP contribution in [0, 0.1) is 0 Å². The third kappa shape index (κ3) is 2.61. The lowest BCUT2D eigenvalue weighted by Crippen LogP contribution is -2.64. The van der Waals surface area contributed by atoms with Crippen molar-refractivity contribution in [1.29, 1.82) is 0 Å². The summed E-state index contributed by atoms with van der Waals surface area (Å²) in [5.41, 5.74) is 0.408. The quantitative estimate of drug-likeness (QED) is 0.703. The molecule has 3 rings (SSSR count). The third-order valence-corrected chi connectivity index (χ3v) is 4.22. The summed E-state index contributed by atoms with van der Waals surface area (Å²) >= 11 is 0. The molecule has 2 aliphatic rings. The topological polar surface area (TPSA) is 78.9 Å². The Balaban J connectivity index is 1.72. The molecule has 8 nitrogen and oxygen atoms in total. The molecule has 0 bridgehead atoms. The zero-order valence-corrected chi connectivity index (χ0v) is 12.7. The second kappa shape index (κ2) is 5.88. The van der Waals surface area contributed by atoms with Crippen molar-refractivity contribution in [2.24, 2.45) is 0 Å². The second-order valence-corrected chi connectivity index (χ2v) is 5.52. The third-order valence-electron chi connectivity index (χ3n) is 4.22. The molecule has 0 spiro atoms. The van der Waals surface area contributed by atoms with Gasteiger partial charge in [-0.2, -0.15) is 0 Å². The molecule has 0 saturated carbocycles. The molecule has 2 fully saturated rings. The Morgan fingerprint density at radius 3 is 2.59 bits per heavy atom. The van der Waals surface area contributed by atoms with Gasteiger partial charge in [-0.3, -0.25) is 14.5 Å². The number of nitrogens with zero attached hydrogens (tertiary/aromatic N) is 5. The van der Waals surface area contributed by atoms with Crippen molar-refractivity contribution in [3.63, 3.8) is 0 Å². The fourth-order valence-electron chi connectivity index (χ4n) is 2.86. The molecule has 1 atom stereocenters. The molecule has 8 heteroatoms. The molecule has 3 heterocycles. The number of ether oxygens (including phenoxy) is 1. The van der Waals surface area contributed by atoms with Crippen LogP contribution in [0.25, 0.3) is 0 Å². The van der Waals surface area contributed by atoms with E-state index in [2.05, 4.69) is 14.9 Å². The minimum absolute atomic E-state index is 0.0785. The molecule has 1 aromatic heterocycles. The standard InChI is InChI=1S/C14H19N5O3/c1-17-3-4-18-5-6-19(9-11(18)13(17)21)12(20)10-7-15-14(22-2)16-8-10/h7-8,11H,3-6,9H2,1-2H3/t11-/m1/s1. The summed E-state index contributed by atoms with van der Waals surface area (Å²) in [4.78, 5) is 38.3. The normalized spacial score (nSPS) is 22.5. The van der Waals surface area contributed by atoms with E-state index in [0.717, 1.165) is 13.1 Å². The van der Waals surface area contributed by atoms with Gasteiger partial charge in [0.15, 0.2) is 0 Å². The minimum Gasteiger partial charge on any atom is -0.467 e. The van der Waals surface area contributed by atoms with Gasteiger partial charge >= 0.3 is 6.01 Å². The first-order chi connectivity index (χ1) is 10.6. The van der Waals surface area contributed by atoms with Crippen LogP contribution in [0.15, 0.2) is 12.4 Å². The zero-order valence-electron chi connectivity index (χ0n) is 12.7. The Morgan fingerprint density at radius 2 is 1.91 bits per heavy atom. The molecule has 2 saturated heterocycles. The predicted octanol–water partition coefficient (Wildman–Crippen LogP) is -0.916. The average molecular weight is 305 g/mol. The molecular formula is C14H19N5O3. The van der Waals surface area contributed by atoms with E-state index in [-0.39, 0.29) is 23.9 Å². The maximum atomic E-state index is 12.5. The van der Waals surface area contributed by atoms with Crippen molar-refractivity contribution in [3.8, 4) is 6.01 Å². The number of likely N-dealkylation sites (N-methyl/N-ethyl adjacent to an activating group) is 1. The average Bonchev–Trinajstić information content (AvgIpc) is 2.57. The number of carbonyl (C=O) groups excluding carboxylic acids is 2. The zero-order chi connectivity index (χ0) is 15.7. The molecular weight excluding hydrogens is 286 g/mol. The van der Waals surface area contributed by atoms with Gasteiger partial charge in [0.25, 0.3) is 5.91 Å². The van der Waals surface area contributed by atoms with E-state index in [1.54, 1.807) is 16.8 Å². The Kier molecular flexibility index (Phi) is 3.93. The number of aromatic nitrogens is 2. The van der Waals surface area contributed by atoms with Crippen LogP contribution in [0.4, 0.5) is 0 Å². The highest BCUT2D eigenvalue weighted by Gasteiger charge is 2.38. The Morgan fingerprint density at radius 1 is 1.23 bits per heavy atom. The molecule has 1 aromatic rings. The van der Waals surface area contributed by atoms with Gasteiger partial charge in [0.05, 0.1) is 12.7 Å². The highest BCUT2D eigenvalue weighted by molar-refractivity contribution is 5.94. The van der Waals surface area contributed by atoms with Crippen LogP contribution < -0.4 is 4.74 Å². The van der Waals surface area contributed by atoms with Crippen molar-refractivity contribution in [2.45, 2.75) is 6.04 Å². The van der Waals surface area contributed by atoms with E-state index in [4.69, 9.17) is 4.74 Å². The van der Waals surface area contributed by atoms with Crippen molar-refractivity contribution < 1.29 is 14.3 Å². The Bertz CT molecular complexity index is 576. The summed E-state index contributed by atoms with van der Waals surface area (Å²) in [5.74, 6) is -0.0712. The van der Waals surface area contributed by atoms with Crippen LogP contribution in [0.5, 0.6) is 6.01 Å². The molecule has 118 valence electrons. The first-order valence-electron chi connectivity index (χ1n) is 7.24. The summed E-state index contributed by atoms with van der Waals surface area (Å²) in [6.45, 7) is 3.34. The van der Waals surface area contributed by atoms with Gasteiger partial charge in [0.2, 0.25) is 5.91 Å². The number of fused-ring (bicyclic) bond motifs is 1. The van der Waals surface area contributed by atoms with E-state index in [9.17, 15) is 9.59 Å². The monoisotopic (exact) mass is 305 g/mol. The van der Waals surface area contributed by atoms with Crippen LogP contribution in [-0.4, -0.2) is 89.4 Å². The molecule has 0 unspecified atom stereocenters. The van der Waals surface area contributed by atoms with Gasteiger partial charge in [-0.25, -0.2) is 9.97 Å². The lowest BCUT2D eigenvalue weighted by Gasteiger charge is -2.45. The van der Waals surface area contributed by atoms with E-state index >= 15 is 0 Å². The predicted molar refractivity (Wildman–Crippen MR) is 77.5 cm³/mol. The van der Waals surface area contributed by atoms with E-state index in [1.165, 1.54) is 19.5 Å². The van der Waals surface area contributed by atoms with Crippen molar-refractivity contribution in [2.75, 3.05) is 46.9 Å². The Labute approximate surface area is 128 Å². The van der Waals surface area contributed by atoms with Crippen LogP contribution in [0.3, 0.4) is 0 Å². The first kappa shape index (κ1) is 14.7. The first-order valence-corrected chi connectivity index (χ1v) is 7.24. The van der Waals surface area contributed by atoms with Crippen LogP contribution in [0.1, 0.15) is 10.4 Å². The van der Waals surface area contributed by atoms with Crippen molar-refractivity contribution in [3.05, 3.63) is 18.0 Å². The van der Waals surface area contributed by atoms with Crippen LogP contribution in [-0.2, 0) is 4.79 Å². The molecule has 0 aromatic carbocycles. The number of methoxy groups -OCH3 is 1. The number of hydrogen-bond acceptors (Lipinski definition) is 6. The number of hydrogen-bond donors (Lipinski definition) is 0. The molecule has 0 radical (unpaired) electrons. The summed E-state index contributed by atoms with van der Waals surface area (Å²) in [7, 11) is 3.28. The van der Waals surface area contributed by atoms with Gasteiger partial charge in [-0.15, -0.1) is 0 Å². The SMILES string of the molecule is COc1ncc(C(=O)N2CCN3CCN(C)C(=O)[C@H]3C2)cn1. The molecule has 2 aliphatic heterocycles. The van der Waals surface area contributed by atoms with Gasteiger partial charge in [-0.05, 0) is 0 Å². The largest absolute Gasteiger partial charge is 0.467 e. The van der Waals surface area contributed by atoms with Crippen LogP contribution in [0.2, 0.25) is 0 Å². The minimum atomic E-state index is -0.240. The number of amides is 2. The maximum Gasteiger partial charge on any atom is 0.316 e. The summed E-state index contributed by atoms with van der Waals surface area (Å²) in [5, 5.41) is 0. The number of piperazine rings is 2. The lowest BCUT2D eigenvalue weighted by molar-refractivity contribution is -0.142. The van der Waals surface area contributed by atoms with Crippen molar-refractivity contribution >= 4 is 11.8 Å². The Hall–Kier alpha value is -2.22. The van der Waals surface area contributed by atoms with Gasteiger partial charge in [-0.1, -0.05) is 0 Å². The number of carbonyl (C=O) groups is 2. The number of rotatable bonds is 2. The van der Waals surface area contributed by atoms with E-state index in [0.29, 0.717) is 25.2 Å². The van der Waals surface area contributed by atoms with Gasteiger partial charge in [0.1, 0.15) is 6.04 Å². The highest BCUT2D eigenvalue weighted by atomic mass is 16.5.